The van der Waals surface area contributed by atoms with Crippen molar-refractivity contribution in [2.75, 3.05) is 6.61 Å². The highest BCUT2D eigenvalue weighted by Gasteiger charge is 2.05. The predicted octanol–water partition coefficient (Wildman–Crippen LogP) is 3.48. The molecule has 1 aromatic rings. The number of esters is 1. The van der Waals surface area contributed by atoms with Crippen LogP contribution in [0.5, 0.6) is 0 Å². The molecular weight excluding hydrogens is 264 g/mol. The number of allylic oxidation sites excluding steroid dienone is 1. The third-order valence-electron chi connectivity index (χ3n) is 1.60. The molecule has 1 rings (SSSR count). The summed E-state index contributed by atoms with van der Waals surface area (Å²) in [6.45, 7) is 4.10. The summed E-state index contributed by atoms with van der Waals surface area (Å²) < 4.78 is 5.84. The lowest BCUT2D eigenvalue weighted by Gasteiger charge is -1.99. The monoisotopic (exact) mass is 274 g/mol. The van der Waals surface area contributed by atoms with Crippen molar-refractivity contribution in [1.82, 2.24) is 0 Å². The van der Waals surface area contributed by atoms with Crippen LogP contribution in [0.4, 0.5) is 0 Å². The lowest BCUT2D eigenvalue weighted by Crippen LogP contribution is -1.99. The van der Waals surface area contributed by atoms with Crippen LogP contribution >= 0.6 is 27.3 Å². The van der Waals surface area contributed by atoms with E-state index in [0.29, 0.717) is 6.61 Å². The Labute approximate surface area is 95.7 Å². The third-order valence-corrected chi connectivity index (χ3v) is 3.57. The van der Waals surface area contributed by atoms with Crippen molar-refractivity contribution in [1.29, 1.82) is 0 Å². The first kappa shape index (κ1) is 11.5. The van der Waals surface area contributed by atoms with Crippen LogP contribution in [-0.2, 0) is 9.53 Å². The zero-order valence-electron chi connectivity index (χ0n) is 8.04. The highest BCUT2D eigenvalue weighted by atomic mass is 79.9. The van der Waals surface area contributed by atoms with Gasteiger partial charge in [-0.3, -0.25) is 0 Å². The minimum atomic E-state index is -0.287. The SMILES string of the molecule is CCOC(=O)/C=C(/C)c1sccc1Br. The number of halogens is 1. The van der Waals surface area contributed by atoms with Gasteiger partial charge in [-0.2, -0.15) is 0 Å². The van der Waals surface area contributed by atoms with Crippen molar-refractivity contribution in [3.05, 3.63) is 26.9 Å². The minimum absolute atomic E-state index is 0.287. The van der Waals surface area contributed by atoms with Crippen LogP contribution in [0.3, 0.4) is 0 Å². The number of ether oxygens (including phenoxy) is 1. The average molecular weight is 275 g/mol. The van der Waals surface area contributed by atoms with E-state index in [0.717, 1.165) is 14.9 Å². The summed E-state index contributed by atoms with van der Waals surface area (Å²) in [5.41, 5.74) is 0.922. The van der Waals surface area contributed by atoms with E-state index in [4.69, 9.17) is 4.74 Å². The van der Waals surface area contributed by atoms with Gasteiger partial charge in [-0.05, 0) is 46.8 Å². The van der Waals surface area contributed by atoms with Gasteiger partial charge < -0.3 is 4.74 Å². The molecule has 2 nitrogen and oxygen atoms in total. The lowest BCUT2D eigenvalue weighted by molar-refractivity contribution is -0.137. The van der Waals surface area contributed by atoms with Gasteiger partial charge >= 0.3 is 5.97 Å². The first-order chi connectivity index (χ1) is 6.65. The fraction of sp³-hybridized carbons (Fsp3) is 0.300. The van der Waals surface area contributed by atoms with E-state index in [1.165, 1.54) is 6.08 Å². The van der Waals surface area contributed by atoms with Gasteiger partial charge in [0, 0.05) is 15.4 Å². The molecule has 0 spiro atoms. The Kier molecular flexibility index (Phi) is 4.35. The molecule has 1 heterocycles. The second-order valence-corrected chi connectivity index (χ2v) is 4.45. The molecule has 0 atom stereocenters. The molecule has 0 aliphatic rings. The smallest absolute Gasteiger partial charge is 0.331 e. The summed E-state index contributed by atoms with van der Waals surface area (Å²) in [7, 11) is 0. The second kappa shape index (κ2) is 5.32. The van der Waals surface area contributed by atoms with E-state index in [9.17, 15) is 4.79 Å². The molecule has 14 heavy (non-hydrogen) atoms. The zero-order chi connectivity index (χ0) is 10.6. The van der Waals surface area contributed by atoms with Gasteiger partial charge in [0.25, 0.3) is 0 Å². The van der Waals surface area contributed by atoms with E-state index in [1.54, 1.807) is 18.3 Å². The maximum Gasteiger partial charge on any atom is 0.331 e. The minimum Gasteiger partial charge on any atom is -0.463 e. The van der Waals surface area contributed by atoms with Gasteiger partial charge in [-0.25, -0.2) is 4.79 Å². The highest BCUT2D eigenvalue weighted by molar-refractivity contribution is 9.10. The van der Waals surface area contributed by atoms with Crippen LogP contribution in [-0.4, -0.2) is 12.6 Å². The maximum absolute atomic E-state index is 11.2. The Bertz CT molecular complexity index is 355. The molecule has 1 aromatic heterocycles. The summed E-state index contributed by atoms with van der Waals surface area (Å²) in [5, 5.41) is 1.97. The molecule has 0 radical (unpaired) electrons. The second-order valence-electron chi connectivity index (χ2n) is 2.68. The van der Waals surface area contributed by atoms with Crippen molar-refractivity contribution in [2.45, 2.75) is 13.8 Å². The van der Waals surface area contributed by atoms with Gasteiger partial charge in [0.05, 0.1) is 6.61 Å². The van der Waals surface area contributed by atoms with Crippen molar-refractivity contribution >= 4 is 38.8 Å². The zero-order valence-corrected chi connectivity index (χ0v) is 10.4. The quantitative estimate of drug-likeness (QED) is 0.623. The molecule has 0 bridgehead atoms. The Morgan fingerprint density at radius 1 is 1.71 bits per heavy atom. The Morgan fingerprint density at radius 3 is 2.93 bits per heavy atom. The van der Waals surface area contributed by atoms with Gasteiger partial charge in [-0.1, -0.05) is 0 Å². The van der Waals surface area contributed by atoms with E-state index in [2.05, 4.69) is 15.9 Å². The number of thiophene rings is 1. The van der Waals surface area contributed by atoms with E-state index in [-0.39, 0.29) is 5.97 Å². The molecule has 4 heteroatoms. The predicted molar refractivity (Wildman–Crippen MR) is 62.3 cm³/mol. The Hall–Kier alpha value is -0.610. The molecule has 0 N–H and O–H groups in total. The van der Waals surface area contributed by atoms with E-state index in [1.807, 2.05) is 18.4 Å². The van der Waals surface area contributed by atoms with Crippen LogP contribution in [0, 0.1) is 0 Å². The average Bonchev–Trinajstić information content (AvgIpc) is 2.51. The molecule has 0 aromatic carbocycles. The van der Waals surface area contributed by atoms with E-state index >= 15 is 0 Å². The largest absolute Gasteiger partial charge is 0.463 e. The van der Waals surface area contributed by atoms with Crippen LogP contribution in [0.25, 0.3) is 5.57 Å². The number of hydrogen-bond donors (Lipinski definition) is 0. The van der Waals surface area contributed by atoms with Gasteiger partial charge in [0.1, 0.15) is 0 Å². The summed E-state index contributed by atoms with van der Waals surface area (Å²) in [5.74, 6) is -0.287. The standard InChI is InChI=1S/C10H11BrO2S/c1-3-13-9(12)6-7(2)10-8(11)4-5-14-10/h4-6H,3H2,1-2H3/b7-6-. The lowest BCUT2D eigenvalue weighted by atomic mass is 10.2. The van der Waals surface area contributed by atoms with Gasteiger partial charge in [0.15, 0.2) is 0 Å². The molecule has 0 saturated carbocycles. The van der Waals surface area contributed by atoms with Crippen LogP contribution in [0.1, 0.15) is 18.7 Å². The van der Waals surface area contributed by atoms with Crippen molar-refractivity contribution < 1.29 is 9.53 Å². The van der Waals surface area contributed by atoms with Crippen LogP contribution in [0.2, 0.25) is 0 Å². The normalized spacial score (nSPS) is 11.5. The summed E-state index contributed by atoms with van der Waals surface area (Å²) in [4.78, 5) is 12.2. The molecule has 0 aliphatic carbocycles. The maximum atomic E-state index is 11.2. The Morgan fingerprint density at radius 2 is 2.43 bits per heavy atom. The molecule has 76 valence electrons. The number of rotatable bonds is 3. The van der Waals surface area contributed by atoms with E-state index < -0.39 is 0 Å². The summed E-state index contributed by atoms with van der Waals surface area (Å²) in [6.07, 6.45) is 1.51. The van der Waals surface area contributed by atoms with Crippen molar-refractivity contribution in [3.63, 3.8) is 0 Å². The number of hydrogen-bond acceptors (Lipinski definition) is 3. The fourth-order valence-electron chi connectivity index (χ4n) is 1.00. The van der Waals surface area contributed by atoms with Crippen molar-refractivity contribution in [2.24, 2.45) is 0 Å². The molecule has 0 amide bonds. The number of carbonyl (C=O) groups excluding carboxylic acids is 1. The van der Waals surface area contributed by atoms with Crippen LogP contribution < -0.4 is 0 Å². The molecular formula is C10H11BrO2S. The topological polar surface area (TPSA) is 26.3 Å². The summed E-state index contributed by atoms with van der Waals surface area (Å²) >= 11 is 5.01. The van der Waals surface area contributed by atoms with Crippen molar-refractivity contribution in [3.8, 4) is 0 Å². The molecule has 0 aliphatic heterocycles. The fourth-order valence-corrected chi connectivity index (χ4v) is 2.67. The third kappa shape index (κ3) is 2.96. The molecule has 0 fully saturated rings. The first-order valence-corrected chi connectivity index (χ1v) is 5.90. The molecule has 0 saturated heterocycles. The Balaban J connectivity index is 2.79. The van der Waals surface area contributed by atoms with Crippen LogP contribution in [0.15, 0.2) is 22.0 Å². The molecule has 0 unspecified atom stereocenters. The number of carbonyl (C=O) groups is 1. The summed E-state index contributed by atoms with van der Waals surface area (Å²) in [6, 6.07) is 1.96. The van der Waals surface area contributed by atoms with Gasteiger partial charge in [0.2, 0.25) is 0 Å². The highest BCUT2D eigenvalue weighted by Crippen LogP contribution is 2.29. The first-order valence-electron chi connectivity index (χ1n) is 4.23. The van der Waals surface area contributed by atoms with Gasteiger partial charge in [-0.15, -0.1) is 11.3 Å².